The maximum Gasteiger partial charge on any atom is 0.251 e. The summed E-state index contributed by atoms with van der Waals surface area (Å²) in [6, 6.07) is 8.65. The zero-order chi connectivity index (χ0) is 14.5. The van der Waals surface area contributed by atoms with Crippen LogP contribution >= 0.6 is 22.9 Å². The van der Waals surface area contributed by atoms with E-state index in [2.05, 4.69) is 5.32 Å². The fourth-order valence-corrected chi connectivity index (χ4v) is 2.42. The molecule has 20 heavy (non-hydrogen) atoms. The summed E-state index contributed by atoms with van der Waals surface area (Å²) in [5.74, 6) is -0.895. The number of nitrogens with one attached hydrogen (secondary N) is 1. The van der Waals surface area contributed by atoms with Gasteiger partial charge in [0.15, 0.2) is 0 Å². The first-order chi connectivity index (χ1) is 9.56. The molecule has 2 aromatic rings. The average molecular weight is 307 g/mol. The second-order valence-corrected chi connectivity index (χ2v) is 5.25. The monoisotopic (exact) mass is 306 g/mol. The lowest BCUT2D eigenvalue weighted by Crippen LogP contribution is -2.14. The molecule has 0 aliphatic carbocycles. The number of halogens is 1. The molecular weight excluding hydrogens is 296 g/mol. The van der Waals surface area contributed by atoms with Crippen LogP contribution < -0.4 is 11.1 Å². The Hall–Kier alpha value is -2.11. The van der Waals surface area contributed by atoms with E-state index < -0.39 is 5.91 Å². The molecule has 4 nitrogen and oxygen atoms in total. The lowest BCUT2D eigenvalue weighted by molar-refractivity contribution is -0.111. The van der Waals surface area contributed by atoms with E-state index in [0.717, 1.165) is 5.56 Å². The molecule has 0 fully saturated rings. The minimum Gasteiger partial charge on any atom is -0.366 e. The summed E-state index contributed by atoms with van der Waals surface area (Å²) in [4.78, 5) is 22.9. The SMILES string of the molecule is NC(=O)c1ccsc1NC(=O)C=Cc1ccc(Cl)cc1. The van der Waals surface area contributed by atoms with Crippen molar-refractivity contribution in [3.05, 3.63) is 57.9 Å². The quantitative estimate of drug-likeness (QED) is 0.852. The Bertz CT molecular complexity index is 662. The molecule has 6 heteroatoms. The highest BCUT2D eigenvalue weighted by Gasteiger charge is 2.10. The van der Waals surface area contributed by atoms with Crippen LogP contribution in [0.25, 0.3) is 6.08 Å². The molecule has 0 radical (unpaired) electrons. The van der Waals surface area contributed by atoms with Crippen LogP contribution in [0.3, 0.4) is 0 Å². The van der Waals surface area contributed by atoms with Crippen LogP contribution in [0, 0.1) is 0 Å². The van der Waals surface area contributed by atoms with Crippen molar-refractivity contribution in [2.45, 2.75) is 0 Å². The van der Waals surface area contributed by atoms with Gasteiger partial charge in [-0.1, -0.05) is 23.7 Å². The molecule has 102 valence electrons. The van der Waals surface area contributed by atoms with Gasteiger partial charge in [0, 0.05) is 11.1 Å². The third kappa shape index (κ3) is 3.69. The van der Waals surface area contributed by atoms with Gasteiger partial charge >= 0.3 is 0 Å². The van der Waals surface area contributed by atoms with Crippen molar-refractivity contribution in [2.24, 2.45) is 5.73 Å². The standard InChI is InChI=1S/C14H11ClN2O2S/c15-10-4-1-9(2-5-10)3-6-12(18)17-14-11(13(16)19)7-8-20-14/h1-8H,(H2,16,19)(H,17,18). The first-order valence-electron chi connectivity index (χ1n) is 5.68. The summed E-state index contributed by atoms with van der Waals surface area (Å²) in [7, 11) is 0. The summed E-state index contributed by atoms with van der Waals surface area (Å²) in [5, 5.41) is 5.40. The molecule has 2 rings (SSSR count). The largest absolute Gasteiger partial charge is 0.366 e. The molecule has 0 aliphatic heterocycles. The van der Waals surface area contributed by atoms with E-state index in [-0.39, 0.29) is 5.91 Å². The molecule has 0 aliphatic rings. The third-order valence-electron chi connectivity index (χ3n) is 2.46. The van der Waals surface area contributed by atoms with Gasteiger partial charge in [0.25, 0.3) is 5.91 Å². The Morgan fingerprint density at radius 3 is 2.55 bits per heavy atom. The van der Waals surface area contributed by atoms with Crippen molar-refractivity contribution in [1.29, 1.82) is 0 Å². The van der Waals surface area contributed by atoms with E-state index in [1.165, 1.54) is 17.4 Å². The van der Waals surface area contributed by atoms with E-state index in [1.807, 2.05) is 0 Å². The minimum absolute atomic E-state index is 0.309. The number of rotatable bonds is 4. The first kappa shape index (κ1) is 14.3. The van der Waals surface area contributed by atoms with Gasteiger partial charge in [-0.2, -0.15) is 0 Å². The number of hydrogen-bond donors (Lipinski definition) is 2. The number of benzene rings is 1. The van der Waals surface area contributed by atoms with Crippen molar-refractivity contribution in [2.75, 3.05) is 5.32 Å². The van der Waals surface area contributed by atoms with E-state index in [0.29, 0.717) is 15.6 Å². The fourth-order valence-electron chi connectivity index (χ4n) is 1.50. The molecular formula is C14H11ClN2O2S. The Labute approximate surface area is 124 Å². The van der Waals surface area contributed by atoms with Crippen LogP contribution in [-0.2, 0) is 4.79 Å². The highest BCUT2D eigenvalue weighted by molar-refractivity contribution is 7.14. The highest BCUT2D eigenvalue weighted by atomic mass is 35.5. The zero-order valence-electron chi connectivity index (χ0n) is 10.3. The number of amides is 2. The van der Waals surface area contributed by atoms with Crippen molar-refractivity contribution < 1.29 is 9.59 Å². The van der Waals surface area contributed by atoms with Gasteiger partial charge < -0.3 is 11.1 Å². The predicted molar refractivity (Wildman–Crippen MR) is 82.0 cm³/mol. The van der Waals surface area contributed by atoms with Gasteiger partial charge in [0.05, 0.1) is 5.56 Å². The zero-order valence-corrected chi connectivity index (χ0v) is 11.9. The van der Waals surface area contributed by atoms with Gasteiger partial charge in [0.1, 0.15) is 5.00 Å². The maximum absolute atomic E-state index is 11.8. The number of carbonyl (C=O) groups is 2. The fraction of sp³-hybridized carbons (Fsp3) is 0. The van der Waals surface area contributed by atoms with Crippen LogP contribution in [0.15, 0.2) is 41.8 Å². The number of carbonyl (C=O) groups excluding carboxylic acids is 2. The second-order valence-electron chi connectivity index (χ2n) is 3.90. The van der Waals surface area contributed by atoms with E-state index in [9.17, 15) is 9.59 Å². The lowest BCUT2D eigenvalue weighted by Gasteiger charge is -2.00. The van der Waals surface area contributed by atoms with Crippen molar-refractivity contribution in [3.8, 4) is 0 Å². The topological polar surface area (TPSA) is 72.2 Å². The van der Waals surface area contributed by atoms with Gasteiger partial charge in [-0.25, -0.2) is 0 Å². The van der Waals surface area contributed by atoms with Gasteiger partial charge in [-0.05, 0) is 35.2 Å². The van der Waals surface area contributed by atoms with E-state index >= 15 is 0 Å². The Morgan fingerprint density at radius 1 is 1.20 bits per heavy atom. The van der Waals surface area contributed by atoms with E-state index in [1.54, 1.807) is 41.8 Å². The van der Waals surface area contributed by atoms with Crippen LogP contribution in [0.5, 0.6) is 0 Å². The Kier molecular flexibility index (Phi) is 4.55. The molecule has 3 N–H and O–H groups in total. The van der Waals surface area contributed by atoms with Crippen molar-refractivity contribution in [1.82, 2.24) is 0 Å². The lowest BCUT2D eigenvalue weighted by atomic mass is 10.2. The summed E-state index contributed by atoms with van der Waals surface area (Å²) in [5.41, 5.74) is 6.36. The van der Waals surface area contributed by atoms with Crippen LogP contribution in [0.4, 0.5) is 5.00 Å². The molecule has 2 amide bonds. The minimum atomic E-state index is -0.566. The highest BCUT2D eigenvalue weighted by Crippen LogP contribution is 2.22. The smallest absolute Gasteiger partial charge is 0.251 e. The second kappa shape index (κ2) is 6.36. The molecule has 0 saturated carbocycles. The molecule has 0 atom stereocenters. The molecule has 1 heterocycles. The van der Waals surface area contributed by atoms with Gasteiger partial charge in [-0.15, -0.1) is 11.3 Å². The van der Waals surface area contributed by atoms with Crippen LogP contribution in [0.2, 0.25) is 5.02 Å². The summed E-state index contributed by atoms with van der Waals surface area (Å²) >= 11 is 7.02. The average Bonchev–Trinajstić information content (AvgIpc) is 2.86. The predicted octanol–water partition coefficient (Wildman–Crippen LogP) is 3.15. The number of primary amides is 1. The number of hydrogen-bond acceptors (Lipinski definition) is 3. The normalized spacial score (nSPS) is 10.7. The van der Waals surface area contributed by atoms with Crippen molar-refractivity contribution in [3.63, 3.8) is 0 Å². The summed E-state index contributed by atoms with van der Waals surface area (Å²) in [6.45, 7) is 0. The molecule has 1 aromatic carbocycles. The van der Waals surface area contributed by atoms with Crippen LogP contribution in [0.1, 0.15) is 15.9 Å². The molecule has 0 spiro atoms. The first-order valence-corrected chi connectivity index (χ1v) is 6.94. The van der Waals surface area contributed by atoms with Gasteiger partial charge in [-0.3, -0.25) is 9.59 Å². The van der Waals surface area contributed by atoms with Crippen molar-refractivity contribution >= 4 is 45.8 Å². The molecule has 0 unspecified atom stereocenters. The Balaban J connectivity index is 2.03. The van der Waals surface area contributed by atoms with Gasteiger partial charge in [0.2, 0.25) is 5.91 Å². The number of nitrogens with two attached hydrogens (primary N) is 1. The molecule has 1 aromatic heterocycles. The molecule has 0 saturated heterocycles. The third-order valence-corrected chi connectivity index (χ3v) is 3.55. The van der Waals surface area contributed by atoms with E-state index in [4.69, 9.17) is 17.3 Å². The molecule has 0 bridgehead atoms. The summed E-state index contributed by atoms with van der Waals surface area (Å²) in [6.07, 6.45) is 3.04. The maximum atomic E-state index is 11.8. The summed E-state index contributed by atoms with van der Waals surface area (Å²) < 4.78 is 0. The Morgan fingerprint density at radius 2 is 1.90 bits per heavy atom. The van der Waals surface area contributed by atoms with Crippen LogP contribution in [-0.4, -0.2) is 11.8 Å². The number of thiophene rings is 1. The number of anilines is 1.